The fraction of sp³-hybridized carbons (Fsp3) is 0.600. The summed E-state index contributed by atoms with van der Waals surface area (Å²) in [7, 11) is 0. The second-order valence-electron chi connectivity index (χ2n) is 7.13. The number of carbonyl (C=O) groups excluding carboxylic acids is 2. The lowest BCUT2D eigenvalue weighted by Crippen LogP contribution is -2.43. The molecule has 0 radical (unpaired) electrons. The molecule has 136 valence electrons. The average Bonchev–Trinajstić information content (AvgIpc) is 3.16. The van der Waals surface area contributed by atoms with E-state index in [4.69, 9.17) is 4.74 Å². The van der Waals surface area contributed by atoms with E-state index in [0.717, 1.165) is 51.0 Å². The predicted molar refractivity (Wildman–Crippen MR) is 96.0 cm³/mol. The number of piperidine rings is 1. The number of likely N-dealkylation sites (tertiary alicyclic amines) is 1. The Labute approximate surface area is 149 Å². The van der Waals surface area contributed by atoms with Gasteiger partial charge in [-0.1, -0.05) is 30.3 Å². The van der Waals surface area contributed by atoms with Gasteiger partial charge in [0, 0.05) is 38.8 Å². The van der Waals surface area contributed by atoms with Gasteiger partial charge in [-0.15, -0.1) is 0 Å². The molecular weight excluding hydrogens is 316 g/mol. The second-order valence-corrected chi connectivity index (χ2v) is 7.13. The number of hydrogen-bond donors (Lipinski definition) is 1. The first-order valence-electron chi connectivity index (χ1n) is 9.39. The Kier molecular flexibility index (Phi) is 6.45. The molecule has 2 aliphatic rings. The standard InChI is InChI=1S/C20H28N2O3/c23-19(14-16-4-2-1-3-5-16)22-11-7-18(8-12-22)20(24)21-10-6-17-9-13-25-15-17/h1-5,17-18H,6-15H2,(H,21,24)/t17-/m0/s1. The van der Waals surface area contributed by atoms with Crippen LogP contribution in [0.15, 0.2) is 30.3 Å². The molecule has 0 aromatic heterocycles. The van der Waals surface area contributed by atoms with E-state index in [0.29, 0.717) is 25.4 Å². The SMILES string of the molecule is O=C(NCC[C@H]1CCOC1)C1CCN(C(=O)Cc2ccccc2)CC1. The Bertz CT molecular complexity index is 562. The predicted octanol–water partition coefficient (Wildman–Crippen LogP) is 2.01. The number of nitrogens with zero attached hydrogens (tertiary/aromatic N) is 1. The molecule has 1 aromatic carbocycles. The van der Waals surface area contributed by atoms with Crippen molar-refractivity contribution in [2.75, 3.05) is 32.8 Å². The molecule has 2 fully saturated rings. The topological polar surface area (TPSA) is 58.6 Å². The van der Waals surface area contributed by atoms with Crippen LogP contribution in [0, 0.1) is 11.8 Å². The van der Waals surface area contributed by atoms with E-state index in [9.17, 15) is 9.59 Å². The number of amides is 2. The molecule has 2 aliphatic heterocycles. The third-order valence-electron chi connectivity index (χ3n) is 5.29. The fourth-order valence-electron chi connectivity index (χ4n) is 3.63. The smallest absolute Gasteiger partial charge is 0.226 e. The Morgan fingerprint density at radius 1 is 1.12 bits per heavy atom. The molecule has 25 heavy (non-hydrogen) atoms. The zero-order valence-electron chi connectivity index (χ0n) is 14.8. The molecule has 1 atom stereocenters. The highest BCUT2D eigenvalue weighted by Crippen LogP contribution is 2.19. The number of hydrogen-bond acceptors (Lipinski definition) is 3. The number of carbonyl (C=O) groups is 2. The molecule has 2 heterocycles. The molecule has 5 nitrogen and oxygen atoms in total. The third kappa shape index (κ3) is 5.30. The number of ether oxygens (including phenoxy) is 1. The minimum absolute atomic E-state index is 0.0422. The van der Waals surface area contributed by atoms with Crippen molar-refractivity contribution in [3.05, 3.63) is 35.9 Å². The van der Waals surface area contributed by atoms with E-state index < -0.39 is 0 Å². The van der Waals surface area contributed by atoms with E-state index in [2.05, 4.69) is 5.32 Å². The maximum Gasteiger partial charge on any atom is 0.226 e. The van der Waals surface area contributed by atoms with Gasteiger partial charge in [0.05, 0.1) is 6.42 Å². The molecule has 5 heteroatoms. The average molecular weight is 344 g/mol. The number of benzene rings is 1. The molecule has 3 rings (SSSR count). The highest BCUT2D eigenvalue weighted by atomic mass is 16.5. The van der Waals surface area contributed by atoms with Gasteiger partial charge in [0.2, 0.25) is 11.8 Å². The van der Waals surface area contributed by atoms with Crippen molar-refractivity contribution in [2.24, 2.45) is 11.8 Å². The van der Waals surface area contributed by atoms with Crippen molar-refractivity contribution >= 4 is 11.8 Å². The molecule has 0 aliphatic carbocycles. The Hall–Kier alpha value is -1.88. The van der Waals surface area contributed by atoms with Gasteiger partial charge in [0.1, 0.15) is 0 Å². The van der Waals surface area contributed by atoms with E-state index in [1.54, 1.807) is 0 Å². The minimum atomic E-state index is 0.0422. The van der Waals surface area contributed by atoms with Crippen LogP contribution >= 0.6 is 0 Å². The molecule has 1 N–H and O–H groups in total. The summed E-state index contributed by atoms with van der Waals surface area (Å²) >= 11 is 0. The van der Waals surface area contributed by atoms with Crippen molar-refractivity contribution in [1.82, 2.24) is 10.2 Å². The fourth-order valence-corrected chi connectivity index (χ4v) is 3.63. The zero-order valence-corrected chi connectivity index (χ0v) is 14.8. The summed E-state index contributed by atoms with van der Waals surface area (Å²) in [5.41, 5.74) is 1.04. The van der Waals surface area contributed by atoms with Gasteiger partial charge in [-0.25, -0.2) is 0 Å². The van der Waals surface area contributed by atoms with Crippen LogP contribution in [-0.4, -0.2) is 49.6 Å². The Balaban J connectivity index is 1.36. The summed E-state index contributed by atoms with van der Waals surface area (Å²) in [5, 5.41) is 3.07. The van der Waals surface area contributed by atoms with Crippen LogP contribution in [0.5, 0.6) is 0 Å². The first-order valence-corrected chi connectivity index (χ1v) is 9.39. The van der Waals surface area contributed by atoms with Crippen LogP contribution in [0.25, 0.3) is 0 Å². The van der Waals surface area contributed by atoms with Gasteiger partial charge in [0.15, 0.2) is 0 Å². The Morgan fingerprint density at radius 2 is 1.88 bits per heavy atom. The summed E-state index contributed by atoms with van der Waals surface area (Å²) in [6.07, 6.45) is 4.08. The number of nitrogens with one attached hydrogen (secondary N) is 1. The van der Waals surface area contributed by atoms with Crippen LogP contribution in [0.1, 0.15) is 31.2 Å². The lowest BCUT2D eigenvalue weighted by molar-refractivity contribution is -0.135. The van der Waals surface area contributed by atoms with E-state index >= 15 is 0 Å². The van der Waals surface area contributed by atoms with Crippen LogP contribution in [0.3, 0.4) is 0 Å². The largest absolute Gasteiger partial charge is 0.381 e. The molecule has 0 unspecified atom stereocenters. The van der Waals surface area contributed by atoms with Gasteiger partial charge in [-0.2, -0.15) is 0 Å². The molecule has 0 bridgehead atoms. The van der Waals surface area contributed by atoms with E-state index in [-0.39, 0.29) is 17.7 Å². The molecular formula is C20H28N2O3. The van der Waals surface area contributed by atoms with Crippen molar-refractivity contribution < 1.29 is 14.3 Å². The lowest BCUT2D eigenvalue weighted by Gasteiger charge is -2.31. The quantitative estimate of drug-likeness (QED) is 0.859. The van der Waals surface area contributed by atoms with E-state index in [1.165, 1.54) is 0 Å². The molecule has 2 saturated heterocycles. The summed E-state index contributed by atoms with van der Waals surface area (Å²) in [6.45, 7) is 3.78. The van der Waals surface area contributed by atoms with Gasteiger partial charge in [0.25, 0.3) is 0 Å². The molecule has 0 spiro atoms. The third-order valence-corrected chi connectivity index (χ3v) is 5.29. The molecule has 1 aromatic rings. The highest BCUT2D eigenvalue weighted by molar-refractivity contribution is 5.81. The normalized spacial score (nSPS) is 21.3. The lowest BCUT2D eigenvalue weighted by atomic mass is 9.95. The maximum atomic E-state index is 12.4. The van der Waals surface area contributed by atoms with Crippen LogP contribution in [0.4, 0.5) is 0 Å². The van der Waals surface area contributed by atoms with Gasteiger partial charge >= 0.3 is 0 Å². The summed E-state index contributed by atoms with van der Waals surface area (Å²) in [4.78, 5) is 26.6. The van der Waals surface area contributed by atoms with Crippen molar-refractivity contribution in [3.63, 3.8) is 0 Å². The van der Waals surface area contributed by atoms with Gasteiger partial charge in [-0.3, -0.25) is 9.59 Å². The first kappa shape index (κ1) is 17.9. The maximum absolute atomic E-state index is 12.4. The van der Waals surface area contributed by atoms with Crippen molar-refractivity contribution in [2.45, 2.75) is 32.1 Å². The Morgan fingerprint density at radius 3 is 2.56 bits per heavy atom. The van der Waals surface area contributed by atoms with Crippen LogP contribution < -0.4 is 5.32 Å². The van der Waals surface area contributed by atoms with Crippen LogP contribution in [-0.2, 0) is 20.7 Å². The van der Waals surface area contributed by atoms with E-state index in [1.807, 2.05) is 35.2 Å². The first-order chi connectivity index (χ1) is 12.2. The summed E-state index contributed by atoms with van der Waals surface area (Å²) < 4.78 is 5.36. The highest BCUT2D eigenvalue weighted by Gasteiger charge is 2.27. The van der Waals surface area contributed by atoms with Crippen molar-refractivity contribution in [1.29, 1.82) is 0 Å². The monoisotopic (exact) mass is 344 g/mol. The zero-order chi connectivity index (χ0) is 17.5. The second kappa shape index (κ2) is 8.99. The number of rotatable bonds is 6. The summed E-state index contributed by atoms with van der Waals surface area (Å²) in [6, 6.07) is 9.83. The minimum Gasteiger partial charge on any atom is -0.381 e. The van der Waals surface area contributed by atoms with Gasteiger partial charge < -0.3 is 15.0 Å². The van der Waals surface area contributed by atoms with Gasteiger partial charge in [-0.05, 0) is 37.2 Å². The summed E-state index contributed by atoms with van der Waals surface area (Å²) in [5.74, 6) is 0.943. The molecule has 2 amide bonds. The molecule has 0 saturated carbocycles. The van der Waals surface area contributed by atoms with Crippen LogP contribution in [0.2, 0.25) is 0 Å². The van der Waals surface area contributed by atoms with Crippen molar-refractivity contribution in [3.8, 4) is 0 Å².